The fourth-order valence-corrected chi connectivity index (χ4v) is 3.41. The van der Waals surface area contributed by atoms with E-state index in [2.05, 4.69) is 11.4 Å². The number of rotatable bonds is 1. The lowest BCUT2D eigenvalue weighted by molar-refractivity contribution is 0.257. The first kappa shape index (κ1) is 11.1. The molecule has 4 heterocycles. The van der Waals surface area contributed by atoms with Gasteiger partial charge in [0.1, 0.15) is 5.76 Å². The molecule has 0 spiro atoms. The standard InChI is InChI=1S/C15H16N2O2/c18-15-12(14-2-1-5-19-14)3-4-13-11-6-10(7-16-8-11)9-17(13)15/h1-5,10-11,16H,6-9H2. The van der Waals surface area contributed by atoms with Crippen LogP contribution in [0.1, 0.15) is 18.0 Å². The maximum atomic E-state index is 12.6. The van der Waals surface area contributed by atoms with Gasteiger partial charge in [0.2, 0.25) is 0 Å². The molecule has 2 bridgehead atoms. The molecule has 2 aliphatic heterocycles. The van der Waals surface area contributed by atoms with E-state index in [-0.39, 0.29) is 5.56 Å². The van der Waals surface area contributed by atoms with E-state index >= 15 is 0 Å². The van der Waals surface area contributed by atoms with Gasteiger partial charge < -0.3 is 14.3 Å². The lowest BCUT2D eigenvalue weighted by Gasteiger charge is -2.37. The van der Waals surface area contributed by atoms with Crippen LogP contribution in [0.2, 0.25) is 0 Å². The fourth-order valence-electron chi connectivity index (χ4n) is 3.41. The Morgan fingerprint density at radius 1 is 1.26 bits per heavy atom. The minimum Gasteiger partial charge on any atom is -0.464 e. The van der Waals surface area contributed by atoms with E-state index in [4.69, 9.17) is 4.42 Å². The summed E-state index contributed by atoms with van der Waals surface area (Å²) in [5.41, 5.74) is 1.93. The molecule has 0 radical (unpaired) electrons. The Kier molecular flexibility index (Phi) is 2.38. The molecule has 1 N–H and O–H groups in total. The summed E-state index contributed by atoms with van der Waals surface area (Å²) in [6.07, 6.45) is 2.81. The van der Waals surface area contributed by atoms with Crippen LogP contribution < -0.4 is 10.9 Å². The molecule has 0 aromatic carbocycles. The van der Waals surface area contributed by atoms with Crippen LogP contribution >= 0.6 is 0 Å². The van der Waals surface area contributed by atoms with Crippen molar-refractivity contribution in [2.75, 3.05) is 13.1 Å². The highest BCUT2D eigenvalue weighted by Gasteiger charge is 2.31. The third kappa shape index (κ3) is 1.67. The van der Waals surface area contributed by atoms with Crippen molar-refractivity contribution in [1.82, 2.24) is 9.88 Å². The number of piperidine rings is 1. The zero-order chi connectivity index (χ0) is 12.8. The van der Waals surface area contributed by atoms with Gasteiger partial charge in [0.05, 0.1) is 11.8 Å². The van der Waals surface area contributed by atoms with Gasteiger partial charge in [0.15, 0.2) is 0 Å². The maximum absolute atomic E-state index is 12.6. The molecule has 0 saturated carbocycles. The number of pyridine rings is 1. The molecular formula is C15H16N2O2. The molecule has 19 heavy (non-hydrogen) atoms. The summed E-state index contributed by atoms with van der Waals surface area (Å²) >= 11 is 0. The van der Waals surface area contributed by atoms with Crippen molar-refractivity contribution in [1.29, 1.82) is 0 Å². The quantitative estimate of drug-likeness (QED) is 0.846. The minimum absolute atomic E-state index is 0.0871. The van der Waals surface area contributed by atoms with Gasteiger partial charge in [0.25, 0.3) is 5.56 Å². The van der Waals surface area contributed by atoms with Crippen LogP contribution in [0, 0.1) is 5.92 Å². The summed E-state index contributed by atoms with van der Waals surface area (Å²) in [5.74, 6) is 1.72. The predicted octanol–water partition coefficient (Wildman–Crippen LogP) is 1.81. The van der Waals surface area contributed by atoms with Gasteiger partial charge >= 0.3 is 0 Å². The van der Waals surface area contributed by atoms with Gasteiger partial charge in [-0.2, -0.15) is 0 Å². The Labute approximate surface area is 111 Å². The zero-order valence-electron chi connectivity index (χ0n) is 10.6. The number of nitrogens with one attached hydrogen (secondary N) is 1. The first-order valence-electron chi connectivity index (χ1n) is 6.81. The Morgan fingerprint density at radius 3 is 3.05 bits per heavy atom. The first-order valence-corrected chi connectivity index (χ1v) is 6.81. The summed E-state index contributed by atoms with van der Waals surface area (Å²) in [4.78, 5) is 12.6. The molecule has 98 valence electrons. The van der Waals surface area contributed by atoms with E-state index < -0.39 is 0 Å². The van der Waals surface area contributed by atoms with Crippen molar-refractivity contribution in [2.24, 2.45) is 5.92 Å². The summed E-state index contributed by atoms with van der Waals surface area (Å²) in [6, 6.07) is 7.65. The van der Waals surface area contributed by atoms with Crippen molar-refractivity contribution in [3.05, 3.63) is 46.6 Å². The van der Waals surface area contributed by atoms with Gasteiger partial charge in [-0.05, 0) is 43.1 Å². The first-order chi connectivity index (χ1) is 9.33. The third-order valence-corrected chi connectivity index (χ3v) is 4.30. The smallest absolute Gasteiger partial charge is 0.261 e. The molecule has 0 amide bonds. The summed E-state index contributed by atoms with van der Waals surface area (Å²) in [5, 5.41) is 3.46. The number of nitrogens with zero attached hydrogens (tertiary/aromatic N) is 1. The van der Waals surface area contributed by atoms with E-state index in [9.17, 15) is 4.79 Å². The second-order valence-electron chi connectivity index (χ2n) is 5.52. The van der Waals surface area contributed by atoms with E-state index in [1.807, 2.05) is 22.8 Å². The van der Waals surface area contributed by atoms with Gasteiger partial charge in [0, 0.05) is 24.7 Å². The highest BCUT2D eigenvalue weighted by molar-refractivity contribution is 5.56. The van der Waals surface area contributed by atoms with Gasteiger partial charge in [-0.15, -0.1) is 0 Å². The molecule has 2 aromatic heterocycles. The second kappa shape index (κ2) is 4.10. The number of furan rings is 1. The molecule has 2 aromatic rings. The van der Waals surface area contributed by atoms with Crippen LogP contribution in [-0.2, 0) is 6.54 Å². The Bertz CT molecular complexity index is 657. The van der Waals surface area contributed by atoms with Gasteiger partial charge in [-0.25, -0.2) is 0 Å². The van der Waals surface area contributed by atoms with Gasteiger partial charge in [-0.1, -0.05) is 0 Å². The minimum atomic E-state index is 0.0871. The number of hydrogen-bond donors (Lipinski definition) is 1. The number of fused-ring (bicyclic) bond motifs is 4. The molecule has 4 nitrogen and oxygen atoms in total. The van der Waals surface area contributed by atoms with E-state index in [0.29, 0.717) is 23.2 Å². The van der Waals surface area contributed by atoms with E-state index in [0.717, 1.165) is 19.6 Å². The average molecular weight is 256 g/mol. The summed E-state index contributed by atoms with van der Waals surface area (Å²) < 4.78 is 7.32. The number of aromatic nitrogens is 1. The van der Waals surface area contributed by atoms with Crippen LogP contribution in [0.4, 0.5) is 0 Å². The lowest BCUT2D eigenvalue weighted by Crippen LogP contribution is -2.45. The van der Waals surface area contributed by atoms with Crippen LogP contribution in [0.3, 0.4) is 0 Å². The maximum Gasteiger partial charge on any atom is 0.261 e. The Hall–Kier alpha value is -1.81. The van der Waals surface area contributed by atoms with Crippen molar-refractivity contribution >= 4 is 0 Å². The van der Waals surface area contributed by atoms with Crippen molar-refractivity contribution in [3.63, 3.8) is 0 Å². The monoisotopic (exact) mass is 256 g/mol. The molecule has 1 saturated heterocycles. The SMILES string of the molecule is O=c1c(-c2ccco2)ccc2n1CC1CNCC2C1. The van der Waals surface area contributed by atoms with E-state index in [1.165, 1.54) is 12.1 Å². The molecule has 1 fully saturated rings. The molecular weight excluding hydrogens is 240 g/mol. The normalized spacial score (nSPS) is 25.1. The van der Waals surface area contributed by atoms with Crippen LogP contribution in [0.5, 0.6) is 0 Å². The topological polar surface area (TPSA) is 47.2 Å². The number of hydrogen-bond acceptors (Lipinski definition) is 3. The van der Waals surface area contributed by atoms with Crippen molar-refractivity contribution in [3.8, 4) is 11.3 Å². The van der Waals surface area contributed by atoms with E-state index in [1.54, 1.807) is 6.26 Å². The lowest BCUT2D eigenvalue weighted by atomic mass is 9.84. The molecule has 2 unspecified atom stereocenters. The fraction of sp³-hybridized carbons (Fsp3) is 0.400. The van der Waals surface area contributed by atoms with Gasteiger partial charge in [-0.3, -0.25) is 4.79 Å². The molecule has 4 rings (SSSR count). The Morgan fingerprint density at radius 2 is 2.21 bits per heavy atom. The molecule has 2 atom stereocenters. The molecule has 4 heteroatoms. The molecule has 0 aliphatic carbocycles. The predicted molar refractivity (Wildman–Crippen MR) is 72.1 cm³/mol. The third-order valence-electron chi connectivity index (χ3n) is 4.30. The highest BCUT2D eigenvalue weighted by atomic mass is 16.3. The van der Waals surface area contributed by atoms with Crippen molar-refractivity contribution in [2.45, 2.75) is 18.9 Å². The molecule has 2 aliphatic rings. The summed E-state index contributed by atoms with van der Waals surface area (Å²) in [7, 11) is 0. The van der Waals surface area contributed by atoms with Crippen LogP contribution in [0.15, 0.2) is 39.7 Å². The second-order valence-corrected chi connectivity index (χ2v) is 5.52. The van der Waals surface area contributed by atoms with Crippen molar-refractivity contribution < 1.29 is 4.42 Å². The average Bonchev–Trinajstić information content (AvgIpc) is 2.94. The van der Waals surface area contributed by atoms with Crippen LogP contribution in [0.25, 0.3) is 11.3 Å². The zero-order valence-corrected chi connectivity index (χ0v) is 10.6. The van der Waals surface area contributed by atoms with Crippen LogP contribution in [-0.4, -0.2) is 17.7 Å². The highest BCUT2D eigenvalue weighted by Crippen LogP contribution is 2.32. The summed E-state index contributed by atoms with van der Waals surface area (Å²) in [6.45, 7) is 2.83. The largest absolute Gasteiger partial charge is 0.464 e. The Balaban J connectivity index is 1.88.